The van der Waals surface area contributed by atoms with Crippen LogP contribution in [0.25, 0.3) is 0 Å². The summed E-state index contributed by atoms with van der Waals surface area (Å²) in [6, 6.07) is 0.278. The Morgan fingerprint density at radius 1 is 1.47 bits per heavy atom. The van der Waals surface area contributed by atoms with E-state index in [1.165, 1.54) is 18.2 Å². The third-order valence-corrected chi connectivity index (χ3v) is 7.49. The van der Waals surface area contributed by atoms with Gasteiger partial charge in [-0.2, -0.15) is 5.10 Å². The minimum Gasteiger partial charge on any atom is -0.389 e. The molecule has 3 aliphatic rings. The number of aryl methyl sites for hydroxylation is 1. The second-order valence-corrected chi connectivity index (χ2v) is 9.65. The largest absolute Gasteiger partial charge is 0.389 e. The number of hydrogen-bond acceptors (Lipinski definition) is 6. The number of nitrogens with one attached hydrogen (secondary N) is 2. The molecule has 1 aromatic heterocycles. The molecular formula is C21H33ClN4O4. The first-order valence-corrected chi connectivity index (χ1v) is 11.0. The highest BCUT2D eigenvalue weighted by Gasteiger charge is 2.56. The van der Waals surface area contributed by atoms with Gasteiger partial charge in [-0.15, -0.1) is 0 Å². The highest BCUT2D eigenvalue weighted by Crippen LogP contribution is 2.61. The maximum absolute atomic E-state index is 12.6. The molecule has 0 unspecified atom stereocenters. The van der Waals surface area contributed by atoms with Crippen molar-refractivity contribution in [1.82, 2.24) is 15.1 Å². The van der Waals surface area contributed by atoms with Gasteiger partial charge in [-0.1, -0.05) is 32.4 Å². The second-order valence-electron chi connectivity index (χ2n) is 9.27. The summed E-state index contributed by atoms with van der Waals surface area (Å²) >= 11 is 6.34. The number of methoxy groups -OCH3 is 1. The van der Waals surface area contributed by atoms with Crippen LogP contribution in [-0.4, -0.2) is 53.2 Å². The van der Waals surface area contributed by atoms with Crippen LogP contribution in [0, 0.1) is 23.2 Å². The highest BCUT2D eigenvalue weighted by atomic mass is 35.5. The zero-order valence-corrected chi connectivity index (χ0v) is 18.9. The second kappa shape index (κ2) is 9.24. The standard InChI is InChI=1S/C21H33ClN4O4/c1-12-15-7-13(21(15,2)3)8-16(12)25-17-10-24-26(20(29)19(17)22)6-5-18(28)23-9-14(27)11-30-4/h10,12-16,25,27H,5-9,11H2,1-4H3,(H,23,28)/t12-,13+,14+,15-,16-/m1/s1. The predicted octanol–water partition coefficient (Wildman–Crippen LogP) is 1.89. The van der Waals surface area contributed by atoms with Crippen LogP contribution < -0.4 is 16.2 Å². The van der Waals surface area contributed by atoms with Gasteiger partial charge in [0.1, 0.15) is 5.02 Å². The molecule has 3 saturated carbocycles. The van der Waals surface area contributed by atoms with Gasteiger partial charge in [0.15, 0.2) is 0 Å². The van der Waals surface area contributed by atoms with Gasteiger partial charge in [-0.05, 0) is 36.0 Å². The number of aliphatic hydroxyl groups is 1. The lowest BCUT2D eigenvalue weighted by Crippen LogP contribution is -2.58. The Labute approximate surface area is 182 Å². The lowest BCUT2D eigenvalue weighted by atomic mass is 9.45. The van der Waals surface area contributed by atoms with E-state index in [2.05, 4.69) is 36.5 Å². The topological polar surface area (TPSA) is 105 Å². The molecule has 0 aromatic carbocycles. The zero-order chi connectivity index (χ0) is 22.1. The number of carbonyl (C=O) groups is 1. The lowest BCUT2D eigenvalue weighted by Gasteiger charge is -2.62. The van der Waals surface area contributed by atoms with Crippen molar-refractivity contribution in [2.45, 2.75) is 58.7 Å². The van der Waals surface area contributed by atoms with Crippen molar-refractivity contribution in [3.63, 3.8) is 0 Å². The van der Waals surface area contributed by atoms with E-state index in [9.17, 15) is 14.7 Å². The molecule has 0 aliphatic heterocycles. The fraction of sp³-hybridized carbons (Fsp3) is 0.762. The molecule has 3 aliphatic carbocycles. The molecule has 3 N–H and O–H groups in total. The van der Waals surface area contributed by atoms with E-state index >= 15 is 0 Å². The molecule has 0 saturated heterocycles. The lowest BCUT2D eigenvalue weighted by molar-refractivity contribution is -0.122. The molecule has 3 fully saturated rings. The van der Waals surface area contributed by atoms with E-state index in [1.807, 2.05) is 0 Å². The van der Waals surface area contributed by atoms with Crippen molar-refractivity contribution >= 4 is 23.2 Å². The normalized spacial score (nSPS) is 27.8. The van der Waals surface area contributed by atoms with Gasteiger partial charge in [0.25, 0.3) is 5.56 Å². The summed E-state index contributed by atoms with van der Waals surface area (Å²) in [6.45, 7) is 7.32. The fourth-order valence-electron chi connectivity index (χ4n) is 5.04. The number of nitrogens with zero attached hydrogens (tertiary/aromatic N) is 2. The van der Waals surface area contributed by atoms with Crippen LogP contribution in [0.1, 0.15) is 40.0 Å². The van der Waals surface area contributed by atoms with E-state index in [0.717, 1.165) is 6.42 Å². The number of rotatable bonds is 9. The van der Waals surface area contributed by atoms with E-state index in [-0.39, 0.29) is 43.1 Å². The molecule has 1 heterocycles. The molecule has 30 heavy (non-hydrogen) atoms. The Hall–Kier alpha value is -1.64. The van der Waals surface area contributed by atoms with Gasteiger partial charge in [0, 0.05) is 26.1 Å². The summed E-state index contributed by atoms with van der Waals surface area (Å²) in [6.07, 6.45) is 3.22. The maximum Gasteiger partial charge on any atom is 0.287 e. The summed E-state index contributed by atoms with van der Waals surface area (Å²) < 4.78 is 6.01. The van der Waals surface area contributed by atoms with Gasteiger partial charge >= 0.3 is 0 Å². The van der Waals surface area contributed by atoms with Gasteiger partial charge in [-0.3, -0.25) is 9.59 Å². The molecule has 1 amide bonds. The molecular weight excluding hydrogens is 408 g/mol. The molecule has 8 nitrogen and oxygen atoms in total. The van der Waals surface area contributed by atoms with Crippen molar-refractivity contribution in [2.24, 2.45) is 23.2 Å². The number of aromatic nitrogens is 2. The monoisotopic (exact) mass is 440 g/mol. The van der Waals surface area contributed by atoms with Crippen molar-refractivity contribution in [3.05, 3.63) is 21.6 Å². The molecule has 168 valence electrons. The molecule has 5 atom stereocenters. The van der Waals surface area contributed by atoms with E-state index in [4.69, 9.17) is 16.3 Å². The number of carbonyl (C=O) groups excluding carboxylic acids is 1. The van der Waals surface area contributed by atoms with Gasteiger partial charge in [-0.25, -0.2) is 4.68 Å². The van der Waals surface area contributed by atoms with Crippen LogP contribution in [0.4, 0.5) is 5.69 Å². The van der Waals surface area contributed by atoms with Crippen molar-refractivity contribution < 1.29 is 14.6 Å². The number of ether oxygens (including phenoxy) is 1. The van der Waals surface area contributed by atoms with Crippen LogP contribution in [0.3, 0.4) is 0 Å². The molecule has 9 heteroatoms. The Morgan fingerprint density at radius 2 is 2.20 bits per heavy atom. The predicted molar refractivity (Wildman–Crippen MR) is 116 cm³/mol. The summed E-state index contributed by atoms with van der Waals surface area (Å²) in [5.74, 6) is 1.60. The Bertz CT molecular complexity index is 828. The number of halogens is 1. The summed E-state index contributed by atoms with van der Waals surface area (Å²) in [5.41, 5.74) is 0.535. The van der Waals surface area contributed by atoms with Crippen molar-refractivity contribution in [3.8, 4) is 0 Å². The smallest absolute Gasteiger partial charge is 0.287 e. The van der Waals surface area contributed by atoms with Crippen LogP contribution >= 0.6 is 11.6 Å². The van der Waals surface area contributed by atoms with Gasteiger partial charge in [0.05, 0.1) is 31.1 Å². The third kappa shape index (κ3) is 4.65. The maximum atomic E-state index is 12.6. The summed E-state index contributed by atoms with van der Waals surface area (Å²) in [4.78, 5) is 24.5. The number of anilines is 1. The highest BCUT2D eigenvalue weighted by molar-refractivity contribution is 6.32. The molecule has 1 aromatic rings. The molecule has 2 bridgehead atoms. The SMILES string of the molecule is COC[C@@H](O)CNC(=O)CCn1ncc(N[C@@H]2C[C@@H]3C[C@H]([C@H]2C)C3(C)C)c(Cl)c1=O. The Balaban J connectivity index is 1.56. The minimum absolute atomic E-state index is 0.0633. The first-order chi connectivity index (χ1) is 14.1. The molecule has 4 rings (SSSR count). The van der Waals surface area contributed by atoms with E-state index < -0.39 is 11.7 Å². The van der Waals surface area contributed by atoms with Crippen LogP contribution in [0.15, 0.2) is 11.0 Å². The van der Waals surface area contributed by atoms with Crippen LogP contribution in [0.2, 0.25) is 5.02 Å². The van der Waals surface area contributed by atoms with Crippen LogP contribution in [-0.2, 0) is 16.1 Å². The first-order valence-electron chi connectivity index (χ1n) is 10.6. The third-order valence-electron chi connectivity index (χ3n) is 7.12. The van der Waals surface area contributed by atoms with Gasteiger partial charge < -0.3 is 20.5 Å². The molecule has 0 spiro atoms. The number of amides is 1. The fourth-order valence-corrected chi connectivity index (χ4v) is 5.24. The Kier molecular flexibility index (Phi) is 7.09. The quantitative estimate of drug-likeness (QED) is 0.541. The first kappa shape index (κ1) is 23.0. The average molecular weight is 441 g/mol. The van der Waals surface area contributed by atoms with Crippen molar-refractivity contribution in [2.75, 3.05) is 25.6 Å². The molecule has 0 radical (unpaired) electrons. The number of hydrogen-bond donors (Lipinski definition) is 3. The van der Waals surface area contributed by atoms with Crippen LogP contribution in [0.5, 0.6) is 0 Å². The number of fused-ring (bicyclic) bond motifs is 2. The van der Waals surface area contributed by atoms with E-state index in [0.29, 0.717) is 28.9 Å². The number of aliphatic hydroxyl groups excluding tert-OH is 1. The summed E-state index contributed by atoms with van der Waals surface area (Å²) in [7, 11) is 1.48. The van der Waals surface area contributed by atoms with E-state index in [1.54, 1.807) is 6.20 Å². The van der Waals surface area contributed by atoms with Crippen molar-refractivity contribution in [1.29, 1.82) is 0 Å². The minimum atomic E-state index is -0.765. The zero-order valence-electron chi connectivity index (χ0n) is 18.2. The van der Waals surface area contributed by atoms with Gasteiger partial charge in [0.2, 0.25) is 5.91 Å². The summed E-state index contributed by atoms with van der Waals surface area (Å²) in [5, 5.41) is 19.9. The Morgan fingerprint density at radius 3 is 2.83 bits per heavy atom. The average Bonchev–Trinajstić information content (AvgIpc) is 2.70.